The molecule has 2 aromatic heterocycles. The van der Waals surface area contributed by atoms with E-state index in [0.717, 1.165) is 13.2 Å². The van der Waals surface area contributed by atoms with Crippen LogP contribution in [-0.2, 0) is 10.7 Å². The van der Waals surface area contributed by atoms with Crippen LogP contribution in [-0.4, -0.2) is 28.7 Å². The van der Waals surface area contributed by atoms with Crippen LogP contribution in [0.25, 0.3) is 10.9 Å². The number of alkyl halides is 2. The fraction of sp³-hybridized carbons (Fsp3) is 0.316. The zero-order valence-corrected chi connectivity index (χ0v) is 17.0. The first kappa shape index (κ1) is 20.5. The van der Waals surface area contributed by atoms with E-state index in [2.05, 4.69) is 40.9 Å². The molecule has 3 rings (SSSR count). The zero-order chi connectivity index (χ0) is 20.5. The summed E-state index contributed by atoms with van der Waals surface area (Å²) in [6.45, 7) is 2.51. The van der Waals surface area contributed by atoms with Gasteiger partial charge in [0.1, 0.15) is 28.7 Å². The molecular weight excluding hydrogens is 437 g/mol. The van der Waals surface area contributed by atoms with Gasteiger partial charge < -0.3 is 10.1 Å². The van der Waals surface area contributed by atoms with E-state index in [1.165, 1.54) is 12.1 Å². The van der Waals surface area contributed by atoms with Crippen molar-refractivity contribution in [3.8, 4) is 0 Å². The van der Waals surface area contributed by atoms with Crippen molar-refractivity contribution < 1.29 is 17.9 Å². The Kier molecular flexibility index (Phi) is 5.85. The average molecular weight is 455 g/mol. The van der Waals surface area contributed by atoms with E-state index in [-0.39, 0.29) is 5.56 Å². The molecule has 1 N–H and O–H groups in total. The summed E-state index contributed by atoms with van der Waals surface area (Å²) in [6.07, 6.45) is 1.59. The number of fused-ring (bicyclic) bond motifs is 1. The molecule has 1 aromatic carbocycles. The van der Waals surface area contributed by atoms with Gasteiger partial charge in [-0.05, 0) is 41.9 Å². The molecule has 0 saturated heterocycles. The summed E-state index contributed by atoms with van der Waals surface area (Å²) in [7, 11) is 1.15. The van der Waals surface area contributed by atoms with Crippen molar-refractivity contribution in [3.63, 3.8) is 0 Å². The predicted molar refractivity (Wildman–Crippen MR) is 104 cm³/mol. The lowest BCUT2D eigenvalue weighted by atomic mass is 10.00. The molecule has 0 unspecified atom stereocenters. The van der Waals surface area contributed by atoms with Crippen molar-refractivity contribution in [1.29, 1.82) is 0 Å². The van der Waals surface area contributed by atoms with Gasteiger partial charge in [-0.25, -0.2) is 19.3 Å². The van der Waals surface area contributed by atoms with E-state index >= 15 is 0 Å². The van der Waals surface area contributed by atoms with Crippen LogP contribution in [0.5, 0.6) is 0 Å². The summed E-state index contributed by atoms with van der Waals surface area (Å²) in [6, 6.07) is 5.05. The fourth-order valence-corrected chi connectivity index (χ4v) is 3.27. The van der Waals surface area contributed by atoms with Crippen LogP contribution < -0.4 is 5.32 Å². The van der Waals surface area contributed by atoms with Gasteiger partial charge in [0.2, 0.25) is 0 Å². The first-order valence-corrected chi connectivity index (χ1v) is 9.24. The second kappa shape index (κ2) is 8.00. The number of methoxy groups -OCH3 is 1. The van der Waals surface area contributed by atoms with Crippen molar-refractivity contribution in [2.24, 2.45) is 0 Å². The van der Waals surface area contributed by atoms with Gasteiger partial charge in [-0.3, -0.25) is 0 Å². The minimum atomic E-state index is -3.43. The molecule has 0 fully saturated rings. The summed E-state index contributed by atoms with van der Waals surface area (Å²) in [5.74, 6) is -3.43. The summed E-state index contributed by atoms with van der Waals surface area (Å²) in [5.41, 5.74) is 0.0215. The molecule has 0 aliphatic heterocycles. The van der Waals surface area contributed by atoms with Gasteiger partial charge in [0, 0.05) is 18.1 Å². The van der Waals surface area contributed by atoms with Crippen molar-refractivity contribution in [2.45, 2.75) is 25.8 Å². The Hall–Kier alpha value is -2.26. The third-order valence-electron chi connectivity index (χ3n) is 4.23. The Morgan fingerprint density at radius 1 is 1.29 bits per heavy atom. The highest BCUT2D eigenvalue weighted by Gasteiger charge is 2.36. The number of aryl methyl sites for hydroxylation is 1. The van der Waals surface area contributed by atoms with Crippen molar-refractivity contribution >= 4 is 32.7 Å². The third kappa shape index (κ3) is 4.10. The van der Waals surface area contributed by atoms with E-state index in [1.807, 2.05) is 0 Å². The summed E-state index contributed by atoms with van der Waals surface area (Å²) in [5, 5.41) is 3.79. The number of nitrogens with zero attached hydrogens (tertiary/aromatic N) is 3. The second-order valence-electron chi connectivity index (χ2n) is 6.36. The topological polar surface area (TPSA) is 59.9 Å². The Labute approximate surface area is 168 Å². The van der Waals surface area contributed by atoms with Gasteiger partial charge in [0.25, 0.3) is 5.92 Å². The first-order valence-electron chi connectivity index (χ1n) is 8.45. The number of benzene rings is 1. The molecule has 0 spiro atoms. The van der Waals surface area contributed by atoms with Gasteiger partial charge in [-0.15, -0.1) is 0 Å². The van der Waals surface area contributed by atoms with Crippen molar-refractivity contribution in [2.75, 3.05) is 19.0 Å². The van der Waals surface area contributed by atoms with Crippen LogP contribution in [0, 0.1) is 12.7 Å². The lowest BCUT2D eigenvalue weighted by molar-refractivity contribution is -0.0722. The molecule has 1 atom stereocenters. The lowest BCUT2D eigenvalue weighted by Gasteiger charge is -2.21. The van der Waals surface area contributed by atoms with E-state index < -0.39 is 30.0 Å². The van der Waals surface area contributed by atoms with Crippen LogP contribution in [0.2, 0.25) is 0 Å². The number of rotatable bonds is 6. The number of halogens is 4. The number of hydrogen-bond donors (Lipinski definition) is 1. The fourth-order valence-electron chi connectivity index (χ4n) is 2.94. The molecular formula is C19H18BrF3N4O. The van der Waals surface area contributed by atoms with Crippen LogP contribution in [0.15, 0.2) is 35.1 Å². The Balaban J connectivity index is 2.00. The maximum absolute atomic E-state index is 14.9. The number of anilines is 1. The Morgan fingerprint density at radius 2 is 2.04 bits per heavy atom. The molecule has 0 amide bonds. The number of hydrogen-bond acceptors (Lipinski definition) is 5. The third-order valence-corrected chi connectivity index (χ3v) is 4.66. The Morgan fingerprint density at radius 3 is 2.75 bits per heavy atom. The summed E-state index contributed by atoms with van der Waals surface area (Å²) in [4.78, 5) is 12.8. The van der Waals surface area contributed by atoms with E-state index in [1.54, 1.807) is 26.1 Å². The van der Waals surface area contributed by atoms with Gasteiger partial charge in [-0.1, -0.05) is 12.1 Å². The molecule has 148 valence electrons. The van der Waals surface area contributed by atoms with E-state index in [4.69, 9.17) is 0 Å². The standard InChI is InChI=1S/C19H18BrF3N4O/c1-10(12-5-4-6-14(17(12)21)19(22,23)9-28-3)25-18-13-7-16(20)24-8-15(13)26-11(2)27-18/h4-8,10H,9H2,1-3H3,(H,25,26,27)/t10-/m1/s1. The molecule has 28 heavy (non-hydrogen) atoms. The molecule has 0 radical (unpaired) electrons. The zero-order valence-electron chi connectivity index (χ0n) is 15.4. The minimum absolute atomic E-state index is 0.103. The summed E-state index contributed by atoms with van der Waals surface area (Å²) >= 11 is 3.30. The molecule has 3 aromatic rings. The predicted octanol–water partition coefficient (Wildman–Crippen LogP) is 5.15. The number of nitrogens with one attached hydrogen (secondary N) is 1. The van der Waals surface area contributed by atoms with Gasteiger partial charge >= 0.3 is 0 Å². The molecule has 0 bridgehead atoms. The molecule has 9 heteroatoms. The van der Waals surface area contributed by atoms with Crippen molar-refractivity contribution in [1.82, 2.24) is 15.0 Å². The highest BCUT2D eigenvalue weighted by Crippen LogP contribution is 2.34. The first-order chi connectivity index (χ1) is 13.2. The largest absolute Gasteiger partial charge is 0.378 e. The lowest BCUT2D eigenvalue weighted by Crippen LogP contribution is -2.23. The van der Waals surface area contributed by atoms with Crippen LogP contribution in [0.4, 0.5) is 19.0 Å². The maximum Gasteiger partial charge on any atom is 0.298 e. The van der Waals surface area contributed by atoms with E-state index in [9.17, 15) is 13.2 Å². The summed E-state index contributed by atoms with van der Waals surface area (Å²) < 4.78 is 48.3. The van der Waals surface area contributed by atoms with Gasteiger partial charge in [-0.2, -0.15) is 8.78 Å². The van der Waals surface area contributed by atoms with E-state index in [0.29, 0.717) is 27.1 Å². The SMILES string of the molecule is COCC(F)(F)c1cccc([C@@H](C)Nc2nc(C)nc3cnc(Br)cc23)c1F. The Bertz CT molecular complexity index is 1020. The van der Waals surface area contributed by atoms with Crippen molar-refractivity contribution in [3.05, 3.63) is 57.8 Å². The van der Waals surface area contributed by atoms with Crippen LogP contribution in [0.1, 0.15) is 29.9 Å². The monoisotopic (exact) mass is 454 g/mol. The highest BCUT2D eigenvalue weighted by molar-refractivity contribution is 9.10. The number of ether oxygens (including phenoxy) is 1. The van der Waals surface area contributed by atoms with Gasteiger partial charge in [0.05, 0.1) is 23.3 Å². The normalized spacial score (nSPS) is 13.0. The smallest absolute Gasteiger partial charge is 0.298 e. The molecule has 0 aliphatic carbocycles. The number of aromatic nitrogens is 3. The average Bonchev–Trinajstić information content (AvgIpc) is 2.62. The highest BCUT2D eigenvalue weighted by atomic mass is 79.9. The van der Waals surface area contributed by atoms with Crippen LogP contribution >= 0.6 is 15.9 Å². The van der Waals surface area contributed by atoms with Crippen LogP contribution in [0.3, 0.4) is 0 Å². The minimum Gasteiger partial charge on any atom is -0.378 e. The number of pyridine rings is 1. The molecule has 0 saturated carbocycles. The van der Waals surface area contributed by atoms with Gasteiger partial charge in [0.15, 0.2) is 0 Å². The molecule has 2 heterocycles. The quantitative estimate of drug-likeness (QED) is 0.522. The molecule has 5 nitrogen and oxygen atoms in total. The molecule has 0 aliphatic rings. The second-order valence-corrected chi connectivity index (χ2v) is 7.17. The maximum atomic E-state index is 14.9.